The predicted octanol–water partition coefficient (Wildman–Crippen LogP) is 3.52. The molecule has 0 aliphatic carbocycles. The first-order valence-corrected chi connectivity index (χ1v) is 10.8. The number of aryl methyl sites for hydroxylation is 1. The minimum Gasteiger partial charge on any atom is -0.356 e. The van der Waals surface area contributed by atoms with Gasteiger partial charge in [-0.1, -0.05) is 0 Å². The molecule has 0 saturated carbocycles. The second-order valence-corrected chi connectivity index (χ2v) is 8.98. The number of nitrogens with one attached hydrogen (secondary N) is 2. The molecule has 2 aromatic rings. The average Bonchev–Trinajstić information content (AvgIpc) is 3.34. The SMILES string of the molecule is CN=C(NCCc1ccc(-c2csc(C)n2)s1)NC1CCN(CC(F)(F)F)C1. The molecule has 2 N–H and O–H groups in total. The van der Waals surface area contributed by atoms with E-state index in [9.17, 15) is 13.2 Å². The normalized spacial score (nSPS) is 18.6. The van der Waals surface area contributed by atoms with E-state index in [0.29, 0.717) is 32.0 Å². The number of nitrogens with zero attached hydrogens (tertiary/aromatic N) is 3. The van der Waals surface area contributed by atoms with Crippen molar-refractivity contribution >= 4 is 28.6 Å². The minimum atomic E-state index is -4.15. The third kappa shape index (κ3) is 6.18. The minimum absolute atomic E-state index is 0.0187. The highest BCUT2D eigenvalue weighted by molar-refractivity contribution is 7.16. The summed E-state index contributed by atoms with van der Waals surface area (Å²) in [5.74, 6) is 0.630. The molecule has 1 aliphatic heterocycles. The molecule has 1 atom stereocenters. The number of alkyl halides is 3. The zero-order chi connectivity index (χ0) is 20.1. The number of thiophene rings is 1. The van der Waals surface area contributed by atoms with E-state index in [2.05, 4.69) is 38.1 Å². The zero-order valence-corrected chi connectivity index (χ0v) is 17.5. The highest BCUT2D eigenvalue weighted by Gasteiger charge is 2.34. The molecular formula is C18H24F3N5S2. The van der Waals surface area contributed by atoms with Gasteiger partial charge in [0.25, 0.3) is 0 Å². The van der Waals surface area contributed by atoms with Crippen LogP contribution in [-0.4, -0.2) is 61.3 Å². The van der Waals surface area contributed by atoms with E-state index < -0.39 is 12.7 Å². The van der Waals surface area contributed by atoms with Gasteiger partial charge in [-0.25, -0.2) is 4.98 Å². The number of aliphatic imine (C=N–C) groups is 1. The summed E-state index contributed by atoms with van der Waals surface area (Å²) in [6, 6.07) is 4.18. The van der Waals surface area contributed by atoms with Crippen molar-refractivity contribution < 1.29 is 13.2 Å². The molecule has 5 nitrogen and oxygen atoms in total. The van der Waals surface area contributed by atoms with Gasteiger partial charge >= 0.3 is 6.18 Å². The fourth-order valence-corrected chi connectivity index (χ4v) is 4.82. The van der Waals surface area contributed by atoms with Crippen LogP contribution in [-0.2, 0) is 6.42 Å². The Bertz CT molecular complexity index is 799. The number of halogens is 3. The summed E-state index contributed by atoms with van der Waals surface area (Å²) in [7, 11) is 1.67. The lowest BCUT2D eigenvalue weighted by atomic mass is 10.3. The maximum atomic E-state index is 12.5. The Morgan fingerprint density at radius 2 is 2.21 bits per heavy atom. The Balaban J connectivity index is 1.42. The van der Waals surface area contributed by atoms with Crippen molar-refractivity contribution in [3.05, 3.63) is 27.4 Å². The first-order valence-electron chi connectivity index (χ1n) is 9.10. The van der Waals surface area contributed by atoms with Crippen LogP contribution in [0.1, 0.15) is 16.3 Å². The number of aromatic nitrogens is 1. The van der Waals surface area contributed by atoms with E-state index in [1.54, 1.807) is 29.7 Å². The van der Waals surface area contributed by atoms with Gasteiger partial charge in [0, 0.05) is 43.0 Å². The Morgan fingerprint density at radius 3 is 2.89 bits per heavy atom. The van der Waals surface area contributed by atoms with E-state index in [1.807, 2.05) is 6.92 Å². The van der Waals surface area contributed by atoms with Gasteiger partial charge < -0.3 is 10.6 Å². The third-order valence-corrected chi connectivity index (χ3v) is 6.38. The van der Waals surface area contributed by atoms with Crippen LogP contribution in [0.5, 0.6) is 0 Å². The van der Waals surface area contributed by atoms with Crippen LogP contribution in [0.3, 0.4) is 0 Å². The van der Waals surface area contributed by atoms with Crippen molar-refractivity contribution in [1.82, 2.24) is 20.5 Å². The summed E-state index contributed by atoms with van der Waals surface area (Å²) in [5, 5.41) is 9.60. The number of hydrogen-bond donors (Lipinski definition) is 2. The highest BCUT2D eigenvalue weighted by atomic mass is 32.1. The van der Waals surface area contributed by atoms with Gasteiger partial charge in [0.2, 0.25) is 0 Å². The topological polar surface area (TPSA) is 52.6 Å². The Morgan fingerprint density at radius 1 is 1.39 bits per heavy atom. The first kappa shape index (κ1) is 21.1. The predicted molar refractivity (Wildman–Crippen MR) is 109 cm³/mol. The van der Waals surface area contributed by atoms with Crippen molar-refractivity contribution in [1.29, 1.82) is 0 Å². The number of likely N-dealkylation sites (tertiary alicyclic amines) is 1. The lowest BCUT2D eigenvalue weighted by molar-refractivity contribution is -0.143. The maximum Gasteiger partial charge on any atom is 0.401 e. The van der Waals surface area contributed by atoms with Gasteiger partial charge in [-0.15, -0.1) is 22.7 Å². The van der Waals surface area contributed by atoms with Crippen LogP contribution in [0.25, 0.3) is 10.6 Å². The van der Waals surface area contributed by atoms with E-state index in [4.69, 9.17) is 0 Å². The van der Waals surface area contributed by atoms with Crippen LogP contribution in [0, 0.1) is 6.92 Å². The van der Waals surface area contributed by atoms with Crippen LogP contribution >= 0.6 is 22.7 Å². The molecule has 1 unspecified atom stereocenters. The van der Waals surface area contributed by atoms with Crippen molar-refractivity contribution in [2.45, 2.75) is 32.0 Å². The van der Waals surface area contributed by atoms with Gasteiger partial charge in [-0.2, -0.15) is 13.2 Å². The molecule has 28 heavy (non-hydrogen) atoms. The molecule has 154 valence electrons. The van der Waals surface area contributed by atoms with E-state index in [-0.39, 0.29) is 6.04 Å². The molecule has 1 fully saturated rings. The van der Waals surface area contributed by atoms with Gasteiger partial charge in [-0.05, 0) is 31.9 Å². The van der Waals surface area contributed by atoms with Gasteiger partial charge in [0.15, 0.2) is 5.96 Å². The molecule has 10 heteroatoms. The quantitative estimate of drug-likeness (QED) is 0.543. The van der Waals surface area contributed by atoms with Crippen LogP contribution in [0.2, 0.25) is 0 Å². The fourth-order valence-electron chi connectivity index (χ4n) is 3.17. The zero-order valence-electron chi connectivity index (χ0n) is 15.8. The largest absolute Gasteiger partial charge is 0.401 e. The van der Waals surface area contributed by atoms with Gasteiger partial charge in [0.05, 0.1) is 22.1 Å². The van der Waals surface area contributed by atoms with Crippen LogP contribution < -0.4 is 10.6 Å². The summed E-state index contributed by atoms with van der Waals surface area (Å²) in [4.78, 5) is 12.5. The molecular weight excluding hydrogens is 407 g/mol. The van der Waals surface area contributed by atoms with Crippen LogP contribution in [0.15, 0.2) is 22.5 Å². The maximum absolute atomic E-state index is 12.5. The first-order chi connectivity index (χ1) is 13.3. The van der Waals surface area contributed by atoms with Crippen molar-refractivity contribution in [3.8, 4) is 10.6 Å². The summed E-state index contributed by atoms with van der Waals surface area (Å²) in [5.41, 5.74) is 1.02. The molecule has 0 bridgehead atoms. The standard InChI is InChI=1S/C18H24F3N5S2/c1-12-24-15(10-27-12)16-4-3-14(28-16)5-7-23-17(22-2)25-13-6-8-26(9-13)11-18(19,20)21/h3-4,10,13H,5-9,11H2,1-2H3,(H2,22,23,25). The highest BCUT2D eigenvalue weighted by Crippen LogP contribution is 2.29. The van der Waals surface area contributed by atoms with Crippen LogP contribution in [0.4, 0.5) is 13.2 Å². The molecule has 1 aliphatic rings. The molecule has 1 saturated heterocycles. The molecule has 0 spiro atoms. The average molecular weight is 432 g/mol. The van der Waals surface area contributed by atoms with Crippen molar-refractivity contribution in [3.63, 3.8) is 0 Å². The van der Waals surface area contributed by atoms with E-state index in [1.165, 1.54) is 9.78 Å². The Kier molecular flexibility index (Phi) is 6.95. The molecule has 2 aromatic heterocycles. The fraction of sp³-hybridized carbons (Fsp3) is 0.556. The van der Waals surface area contributed by atoms with E-state index >= 15 is 0 Å². The van der Waals surface area contributed by atoms with Gasteiger partial charge in [0.1, 0.15) is 0 Å². The summed E-state index contributed by atoms with van der Waals surface area (Å²) >= 11 is 3.37. The third-order valence-electron chi connectivity index (χ3n) is 4.44. The van der Waals surface area contributed by atoms with Gasteiger partial charge in [-0.3, -0.25) is 9.89 Å². The Hall–Kier alpha value is -1.65. The molecule has 0 amide bonds. The lowest BCUT2D eigenvalue weighted by Crippen LogP contribution is -2.45. The molecule has 0 radical (unpaired) electrons. The monoisotopic (exact) mass is 431 g/mol. The number of rotatable bonds is 6. The Labute approximate surface area is 170 Å². The number of guanidine groups is 1. The van der Waals surface area contributed by atoms with E-state index in [0.717, 1.165) is 22.0 Å². The smallest absolute Gasteiger partial charge is 0.356 e. The molecule has 0 aromatic carbocycles. The second kappa shape index (κ2) is 9.23. The number of thiazole rings is 1. The van der Waals surface area contributed by atoms with Crippen molar-refractivity contribution in [2.24, 2.45) is 4.99 Å². The number of hydrogen-bond acceptors (Lipinski definition) is 5. The molecule has 3 rings (SSSR count). The second-order valence-electron chi connectivity index (χ2n) is 6.75. The molecule has 3 heterocycles. The lowest BCUT2D eigenvalue weighted by Gasteiger charge is -2.19. The summed E-state index contributed by atoms with van der Waals surface area (Å²) < 4.78 is 37.5. The summed E-state index contributed by atoms with van der Waals surface area (Å²) in [6.07, 6.45) is -2.62. The van der Waals surface area contributed by atoms with Crippen molar-refractivity contribution in [2.75, 3.05) is 33.2 Å². The summed E-state index contributed by atoms with van der Waals surface area (Å²) in [6.45, 7) is 2.67.